The summed E-state index contributed by atoms with van der Waals surface area (Å²) in [5, 5.41) is 10.9. The van der Waals surface area contributed by atoms with Crippen LogP contribution in [-0.2, 0) is 13.1 Å². The van der Waals surface area contributed by atoms with E-state index in [0.717, 1.165) is 56.4 Å². The predicted molar refractivity (Wildman–Crippen MR) is 127 cm³/mol. The van der Waals surface area contributed by atoms with Crippen LogP contribution >= 0.6 is 0 Å². The van der Waals surface area contributed by atoms with Crippen molar-refractivity contribution in [1.29, 1.82) is 0 Å². The summed E-state index contributed by atoms with van der Waals surface area (Å²) < 4.78 is 2.48. The first-order valence-electron chi connectivity index (χ1n) is 11.8. The maximum atomic E-state index is 10.9. The molecule has 0 bridgehead atoms. The smallest absolute Gasteiger partial charge is 0.269 e. The number of nitrogens with zero attached hydrogens (tertiary/aromatic N) is 5. The summed E-state index contributed by atoms with van der Waals surface area (Å²) in [4.78, 5) is 20.4. The highest BCUT2D eigenvalue weighted by Gasteiger charge is 2.22. The Labute approximate surface area is 188 Å². The Bertz CT molecular complexity index is 1060. The van der Waals surface area contributed by atoms with E-state index in [4.69, 9.17) is 4.98 Å². The zero-order chi connectivity index (χ0) is 21.9. The second-order valence-corrected chi connectivity index (χ2v) is 9.17. The van der Waals surface area contributed by atoms with Crippen LogP contribution in [0.1, 0.15) is 37.9 Å². The molecule has 5 rings (SSSR count). The zero-order valence-electron chi connectivity index (χ0n) is 18.5. The van der Waals surface area contributed by atoms with Gasteiger partial charge in [-0.05, 0) is 43.0 Å². The molecule has 0 atom stereocenters. The number of benzene rings is 2. The van der Waals surface area contributed by atoms with E-state index in [1.54, 1.807) is 12.1 Å². The standard InChI is InChI=1S/C25H31N5O2/c31-30(32)22-12-10-21(11-13-22)28-16-14-27(15-17-28)19-25-26-23-8-4-5-9-24(23)29(25)18-20-6-2-1-3-7-20/h4-5,8-13,20H,1-3,6-7,14-19H2. The maximum Gasteiger partial charge on any atom is 0.269 e. The fourth-order valence-electron chi connectivity index (χ4n) is 5.23. The molecular formula is C25H31N5O2. The van der Waals surface area contributed by atoms with E-state index in [0.29, 0.717) is 0 Å². The molecule has 1 saturated heterocycles. The molecule has 168 valence electrons. The summed E-state index contributed by atoms with van der Waals surface area (Å²) in [7, 11) is 0. The Morgan fingerprint density at radius 2 is 1.66 bits per heavy atom. The monoisotopic (exact) mass is 433 g/mol. The molecule has 0 spiro atoms. The second-order valence-electron chi connectivity index (χ2n) is 9.17. The number of piperazine rings is 1. The first-order valence-corrected chi connectivity index (χ1v) is 11.8. The molecule has 0 amide bonds. The van der Waals surface area contributed by atoms with Gasteiger partial charge >= 0.3 is 0 Å². The molecule has 7 nitrogen and oxygen atoms in total. The molecule has 3 aromatic rings. The summed E-state index contributed by atoms with van der Waals surface area (Å²) in [6.07, 6.45) is 6.77. The summed E-state index contributed by atoms with van der Waals surface area (Å²) in [5.74, 6) is 1.94. The molecule has 1 aliphatic heterocycles. The number of non-ortho nitro benzene ring substituents is 1. The van der Waals surface area contributed by atoms with Crippen LogP contribution in [-0.4, -0.2) is 45.6 Å². The van der Waals surface area contributed by atoms with Gasteiger partial charge in [0.05, 0.1) is 22.5 Å². The third-order valence-electron chi connectivity index (χ3n) is 7.06. The predicted octanol–water partition coefficient (Wildman–Crippen LogP) is 4.85. The fraction of sp³-hybridized carbons (Fsp3) is 0.480. The van der Waals surface area contributed by atoms with Gasteiger partial charge in [-0.3, -0.25) is 15.0 Å². The lowest BCUT2D eigenvalue weighted by Gasteiger charge is -2.36. The Morgan fingerprint density at radius 1 is 0.938 bits per heavy atom. The minimum Gasteiger partial charge on any atom is -0.369 e. The van der Waals surface area contributed by atoms with Crippen molar-refractivity contribution in [2.45, 2.75) is 45.2 Å². The number of nitro groups is 1. The lowest BCUT2D eigenvalue weighted by atomic mass is 9.89. The molecule has 1 aliphatic carbocycles. The first kappa shape index (κ1) is 20.9. The summed E-state index contributed by atoms with van der Waals surface area (Å²) in [5.41, 5.74) is 3.56. The molecule has 32 heavy (non-hydrogen) atoms. The number of hydrogen-bond donors (Lipinski definition) is 0. The van der Waals surface area contributed by atoms with E-state index in [-0.39, 0.29) is 10.6 Å². The van der Waals surface area contributed by atoms with Crippen LogP contribution in [0.15, 0.2) is 48.5 Å². The molecule has 2 aromatic carbocycles. The molecule has 2 fully saturated rings. The summed E-state index contributed by atoms with van der Waals surface area (Å²) in [6.45, 7) is 5.71. The highest BCUT2D eigenvalue weighted by Crippen LogP contribution is 2.28. The largest absolute Gasteiger partial charge is 0.369 e. The average Bonchev–Trinajstić information content (AvgIpc) is 3.17. The van der Waals surface area contributed by atoms with Crippen LogP contribution in [0.3, 0.4) is 0 Å². The summed E-state index contributed by atoms with van der Waals surface area (Å²) >= 11 is 0. The Balaban J connectivity index is 1.27. The lowest BCUT2D eigenvalue weighted by molar-refractivity contribution is -0.384. The number of anilines is 1. The highest BCUT2D eigenvalue weighted by atomic mass is 16.6. The van der Waals surface area contributed by atoms with Crippen molar-refractivity contribution in [2.75, 3.05) is 31.1 Å². The van der Waals surface area contributed by atoms with Crippen molar-refractivity contribution < 1.29 is 4.92 Å². The zero-order valence-corrected chi connectivity index (χ0v) is 18.5. The van der Waals surface area contributed by atoms with Gasteiger partial charge in [0.25, 0.3) is 5.69 Å². The number of fused-ring (bicyclic) bond motifs is 1. The second kappa shape index (κ2) is 9.28. The molecule has 0 N–H and O–H groups in total. The summed E-state index contributed by atoms with van der Waals surface area (Å²) in [6, 6.07) is 15.4. The molecule has 1 aromatic heterocycles. The van der Waals surface area contributed by atoms with Crippen LogP contribution < -0.4 is 4.90 Å². The van der Waals surface area contributed by atoms with Gasteiger partial charge in [0.1, 0.15) is 5.82 Å². The van der Waals surface area contributed by atoms with E-state index in [9.17, 15) is 10.1 Å². The van der Waals surface area contributed by atoms with Crippen LogP contribution in [0.25, 0.3) is 11.0 Å². The Hall–Kier alpha value is -2.93. The lowest BCUT2D eigenvalue weighted by Crippen LogP contribution is -2.46. The molecule has 2 heterocycles. The number of rotatable bonds is 6. The van der Waals surface area contributed by atoms with Gasteiger partial charge in [-0.15, -0.1) is 0 Å². The van der Waals surface area contributed by atoms with Gasteiger partial charge in [0, 0.05) is 50.5 Å². The third-order valence-corrected chi connectivity index (χ3v) is 7.06. The van der Waals surface area contributed by atoms with E-state index >= 15 is 0 Å². The van der Waals surface area contributed by atoms with Crippen molar-refractivity contribution in [2.24, 2.45) is 5.92 Å². The van der Waals surface area contributed by atoms with Crippen molar-refractivity contribution in [3.8, 4) is 0 Å². The highest BCUT2D eigenvalue weighted by molar-refractivity contribution is 5.75. The van der Waals surface area contributed by atoms with Gasteiger partial charge in [-0.25, -0.2) is 4.98 Å². The number of para-hydroxylation sites is 2. The average molecular weight is 434 g/mol. The van der Waals surface area contributed by atoms with Crippen molar-refractivity contribution >= 4 is 22.4 Å². The third kappa shape index (κ3) is 4.48. The van der Waals surface area contributed by atoms with Crippen LogP contribution in [0.5, 0.6) is 0 Å². The SMILES string of the molecule is O=[N+]([O-])c1ccc(N2CCN(Cc3nc4ccccc4n3CC3CCCCC3)CC2)cc1. The number of imidazole rings is 1. The van der Waals surface area contributed by atoms with Crippen LogP contribution in [0.2, 0.25) is 0 Å². The van der Waals surface area contributed by atoms with Crippen LogP contribution in [0.4, 0.5) is 11.4 Å². The van der Waals surface area contributed by atoms with Crippen molar-refractivity contribution in [1.82, 2.24) is 14.5 Å². The van der Waals surface area contributed by atoms with Crippen molar-refractivity contribution in [3.63, 3.8) is 0 Å². The number of nitro benzene ring substituents is 1. The number of hydrogen-bond acceptors (Lipinski definition) is 5. The van der Waals surface area contributed by atoms with Crippen molar-refractivity contribution in [3.05, 3.63) is 64.5 Å². The number of aromatic nitrogens is 2. The van der Waals surface area contributed by atoms with E-state index in [2.05, 4.69) is 38.6 Å². The molecule has 0 unspecified atom stereocenters. The van der Waals surface area contributed by atoms with Gasteiger partial charge in [0.2, 0.25) is 0 Å². The van der Waals surface area contributed by atoms with Gasteiger partial charge < -0.3 is 9.47 Å². The minimum atomic E-state index is -0.346. The molecule has 1 saturated carbocycles. The minimum absolute atomic E-state index is 0.143. The van der Waals surface area contributed by atoms with Gasteiger partial charge in [-0.2, -0.15) is 0 Å². The first-order chi connectivity index (χ1) is 15.7. The fourth-order valence-corrected chi connectivity index (χ4v) is 5.23. The molecule has 7 heteroatoms. The maximum absolute atomic E-state index is 10.9. The van der Waals surface area contributed by atoms with Gasteiger partial charge in [-0.1, -0.05) is 31.4 Å². The normalized spacial score (nSPS) is 18.3. The van der Waals surface area contributed by atoms with E-state index in [1.165, 1.54) is 43.4 Å². The Kier molecular flexibility index (Phi) is 6.08. The topological polar surface area (TPSA) is 67.4 Å². The van der Waals surface area contributed by atoms with Gasteiger partial charge in [0.15, 0.2) is 0 Å². The quantitative estimate of drug-likeness (QED) is 0.411. The Morgan fingerprint density at radius 3 is 2.38 bits per heavy atom. The molecule has 0 radical (unpaired) electrons. The molecule has 2 aliphatic rings. The van der Waals surface area contributed by atoms with Crippen LogP contribution in [0, 0.1) is 16.0 Å². The molecular weight excluding hydrogens is 402 g/mol. The van der Waals surface area contributed by atoms with E-state index in [1.807, 2.05) is 12.1 Å². The van der Waals surface area contributed by atoms with E-state index < -0.39 is 0 Å².